The van der Waals surface area contributed by atoms with Crippen LogP contribution in [0.3, 0.4) is 0 Å². The second kappa shape index (κ2) is 7.69. The number of ether oxygens (including phenoxy) is 1. The van der Waals surface area contributed by atoms with E-state index in [2.05, 4.69) is 15.0 Å². The van der Waals surface area contributed by atoms with Crippen molar-refractivity contribution >= 4 is 12.0 Å². The topological polar surface area (TPSA) is 88.5 Å². The molecule has 0 N–H and O–H groups in total. The minimum Gasteiger partial charge on any atom is -0.444 e. The van der Waals surface area contributed by atoms with Crippen LogP contribution in [0.1, 0.15) is 31.4 Å². The number of piperazine rings is 1. The van der Waals surface area contributed by atoms with Crippen molar-refractivity contribution in [1.82, 2.24) is 24.8 Å². The second-order valence-electron chi connectivity index (χ2n) is 7.29. The Hall–Kier alpha value is -3.03. The van der Waals surface area contributed by atoms with Gasteiger partial charge in [-0.15, -0.1) is 0 Å². The van der Waals surface area contributed by atoms with E-state index in [0.29, 0.717) is 26.2 Å². The van der Waals surface area contributed by atoms with Crippen LogP contribution in [-0.4, -0.2) is 68.5 Å². The van der Waals surface area contributed by atoms with Crippen molar-refractivity contribution in [3.63, 3.8) is 0 Å². The van der Waals surface area contributed by atoms with Crippen molar-refractivity contribution in [2.45, 2.75) is 26.4 Å². The highest BCUT2D eigenvalue weighted by Gasteiger charge is 2.28. The van der Waals surface area contributed by atoms with Gasteiger partial charge >= 0.3 is 6.09 Å². The van der Waals surface area contributed by atoms with Gasteiger partial charge in [0.05, 0.1) is 0 Å². The number of rotatable bonds is 2. The normalized spacial score (nSPS) is 14.8. The molecule has 2 aromatic heterocycles. The maximum absolute atomic E-state index is 12.6. The molecule has 0 radical (unpaired) electrons. The Morgan fingerprint density at radius 3 is 2.04 bits per heavy atom. The molecular formula is C19H23N5O3. The summed E-state index contributed by atoms with van der Waals surface area (Å²) in [5, 5.41) is 0. The molecule has 1 fully saturated rings. The molecular weight excluding hydrogens is 346 g/mol. The molecule has 1 aliphatic rings. The zero-order valence-electron chi connectivity index (χ0n) is 15.8. The van der Waals surface area contributed by atoms with Gasteiger partial charge in [-0.05, 0) is 38.5 Å². The fourth-order valence-corrected chi connectivity index (χ4v) is 2.69. The molecule has 142 valence electrons. The molecule has 0 atom stereocenters. The summed E-state index contributed by atoms with van der Waals surface area (Å²) >= 11 is 0. The van der Waals surface area contributed by atoms with E-state index in [0.717, 1.165) is 11.1 Å². The van der Waals surface area contributed by atoms with E-state index in [9.17, 15) is 9.59 Å². The quantitative estimate of drug-likeness (QED) is 0.807. The van der Waals surface area contributed by atoms with Gasteiger partial charge in [0.1, 0.15) is 5.60 Å². The van der Waals surface area contributed by atoms with E-state index < -0.39 is 5.60 Å². The van der Waals surface area contributed by atoms with Crippen molar-refractivity contribution in [2.75, 3.05) is 26.2 Å². The molecule has 0 spiro atoms. The summed E-state index contributed by atoms with van der Waals surface area (Å²) < 4.78 is 5.37. The fraction of sp³-hybridized carbons (Fsp3) is 0.421. The lowest BCUT2D eigenvalue weighted by Gasteiger charge is -2.35. The van der Waals surface area contributed by atoms with Gasteiger partial charge in [-0.1, -0.05) is 0 Å². The molecule has 3 heterocycles. The zero-order valence-corrected chi connectivity index (χ0v) is 15.8. The highest BCUT2D eigenvalue weighted by atomic mass is 16.6. The number of aromatic nitrogens is 3. The van der Waals surface area contributed by atoms with Gasteiger partial charge in [0, 0.05) is 56.5 Å². The van der Waals surface area contributed by atoms with Crippen molar-refractivity contribution in [3.05, 3.63) is 42.7 Å². The lowest BCUT2D eigenvalue weighted by Crippen LogP contribution is -2.51. The SMILES string of the molecule is CC(C)(C)OC(=O)N1CCN(C(=O)c2ncc(-c3ccncc3)cn2)CC1. The molecule has 1 saturated heterocycles. The van der Waals surface area contributed by atoms with Crippen LogP contribution in [0.15, 0.2) is 36.9 Å². The van der Waals surface area contributed by atoms with Crippen LogP contribution in [0, 0.1) is 0 Å². The van der Waals surface area contributed by atoms with Gasteiger partial charge < -0.3 is 14.5 Å². The predicted octanol–water partition coefficient (Wildman–Crippen LogP) is 2.23. The summed E-state index contributed by atoms with van der Waals surface area (Å²) in [5.74, 6) is -0.0846. The first-order valence-electron chi connectivity index (χ1n) is 8.83. The average Bonchev–Trinajstić information content (AvgIpc) is 2.67. The van der Waals surface area contributed by atoms with E-state index in [1.807, 2.05) is 32.9 Å². The number of carbonyl (C=O) groups is 2. The van der Waals surface area contributed by atoms with Gasteiger partial charge in [0.25, 0.3) is 5.91 Å². The van der Waals surface area contributed by atoms with E-state index in [1.165, 1.54) is 0 Å². The Balaban J connectivity index is 1.59. The van der Waals surface area contributed by atoms with Crippen molar-refractivity contribution < 1.29 is 14.3 Å². The molecule has 8 nitrogen and oxygen atoms in total. The van der Waals surface area contributed by atoms with E-state index in [1.54, 1.807) is 34.6 Å². The highest BCUT2D eigenvalue weighted by Crippen LogP contribution is 2.16. The van der Waals surface area contributed by atoms with Gasteiger partial charge in [0.2, 0.25) is 5.82 Å². The molecule has 2 amide bonds. The molecule has 0 bridgehead atoms. The molecule has 0 saturated carbocycles. The molecule has 1 aliphatic heterocycles. The van der Waals surface area contributed by atoms with E-state index in [-0.39, 0.29) is 17.8 Å². The van der Waals surface area contributed by atoms with Crippen LogP contribution in [0.5, 0.6) is 0 Å². The number of hydrogen-bond donors (Lipinski definition) is 0. The first-order chi connectivity index (χ1) is 12.8. The molecule has 0 unspecified atom stereocenters. The van der Waals surface area contributed by atoms with E-state index >= 15 is 0 Å². The second-order valence-corrected chi connectivity index (χ2v) is 7.29. The average molecular weight is 369 g/mol. The summed E-state index contributed by atoms with van der Waals surface area (Å²) in [6, 6.07) is 3.71. The van der Waals surface area contributed by atoms with Gasteiger partial charge in [-0.3, -0.25) is 9.78 Å². The van der Waals surface area contributed by atoms with Crippen LogP contribution in [0.25, 0.3) is 11.1 Å². The summed E-state index contributed by atoms with van der Waals surface area (Å²) in [4.78, 5) is 40.4. The first kappa shape index (κ1) is 18.8. The third-order valence-electron chi connectivity index (χ3n) is 4.08. The first-order valence-corrected chi connectivity index (χ1v) is 8.83. The van der Waals surface area contributed by atoms with Gasteiger partial charge in [-0.25, -0.2) is 14.8 Å². The van der Waals surface area contributed by atoms with Crippen LogP contribution >= 0.6 is 0 Å². The molecule has 0 aliphatic carbocycles. The van der Waals surface area contributed by atoms with E-state index in [4.69, 9.17) is 4.74 Å². The Morgan fingerprint density at radius 1 is 0.926 bits per heavy atom. The largest absolute Gasteiger partial charge is 0.444 e. The third-order valence-corrected chi connectivity index (χ3v) is 4.08. The van der Waals surface area contributed by atoms with Crippen molar-refractivity contribution in [1.29, 1.82) is 0 Å². The molecule has 2 aromatic rings. The molecule has 8 heteroatoms. The standard InChI is InChI=1S/C19H23N5O3/c1-19(2,3)27-18(26)24-10-8-23(9-11-24)17(25)16-21-12-15(13-22-16)14-4-6-20-7-5-14/h4-7,12-13H,8-11H2,1-3H3. The number of hydrogen-bond acceptors (Lipinski definition) is 6. The van der Waals surface area contributed by atoms with Gasteiger partial charge in [0.15, 0.2) is 0 Å². The van der Waals surface area contributed by atoms with Crippen LogP contribution in [-0.2, 0) is 4.74 Å². The minimum atomic E-state index is -0.533. The maximum Gasteiger partial charge on any atom is 0.410 e. The van der Waals surface area contributed by atoms with Crippen LogP contribution in [0.2, 0.25) is 0 Å². The number of pyridine rings is 1. The summed E-state index contributed by atoms with van der Waals surface area (Å²) in [5.41, 5.74) is 1.23. The lowest BCUT2D eigenvalue weighted by molar-refractivity contribution is 0.0139. The molecule has 0 aromatic carbocycles. The third kappa shape index (κ3) is 4.78. The Labute approximate surface area is 158 Å². The Morgan fingerprint density at radius 2 is 1.48 bits per heavy atom. The highest BCUT2D eigenvalue weighted by molar-refractivity contribution is 5.90. The van der Waals surface area contributed by atoms with Crippen LogP contribution < -0.4 is 0 Å². The number of amides is 2. The Kier molecular flexibility index (Phi) is 5.34. The summed E-state index contributed by atoms with van der Waals surface area (Å²) in [7, 11) is 0. The fourth-order valence-electron chi connectivity index (χ4n) is 2.69. The monoisotopic (exact) mass is 369 g/mol. The van der Waals surface area contributed by atoms with Gasteiger partial charge in [-0.2, -0.15) is 0 Å². The van der Waals surface area contributed by atoms with Crippen molar-refractivity contribution in [3.8, 4) is 11.1 Å². The number of nitrogens with zero attached hydrogens (tertiary/aromatic N) is 5. The van der Waals surface area contributed by atoms with Crippen LogP contribution in [0.4, 0.5) is 4.79 Å². The lowest BCUT2D eigenvalue weighted by atomic mass is 10.1. The summed E-state index contributed by atoms with van der Waals surface area (Å²) in [6.45, 7) is 7.19. The maximum atomic E-state index is 12.6. The number of carbonyl (C=O) groups excluding carboxylic acids is 2. The zero-order chi connectivity index (χ0) is 19.4. The molecule has 3 rings (SSSR count). The smallest absolute Gasteiger partial charge is 0.410 e. The molecule has 27 heavy (non-hydrogen) atoms. The predicted molar refractivity (Wildman–Crippen MR) is 99.0 cm³/mol. The summed E-state index contributed by atoms with van der Waals surface area (Å²) in [6.07, 6.45) is 6.29. The minimum absolute atomic E-state index is 0.151. The Bertz CT molecular complexity index is 794. The van der Waals surface area contributed by atoms with Crippen molar-refractivity contribution in [2.24, 2.45) is 0 Å².